The standard InChI is InChI=1S/C6H11FN/c7-4-6-2-1-3-8-5-6/h2,6,8H,1,3-5H2. The average molecular weight is 116 g/mol. The van der Waals surface area contributed by atoms with Crippen LogP contribution in [0.15, 0.2) is 0 Å². The first-order chi connectivity index (χ1) is 3.93. The molecule has 0 aromatic rings. The first-order valence-corrected chi connectivity index (χ1v) is 3.03. The van der Waals surface area contributed by atoms with Gasteiger partial charge in [-0.15, -0.1) is 0 Å². The van der Waals surface area contributed by atoms with Gasteiger partial charge in [0, 0.05) is 12.5 Å². The normalized spacial score (nSPS) is 30.4. The van der Waals surface area contributed by atoms with Crippen molar-refractivity contribution in [2.75, 3.05) is 19.8 Å². The first-order valence-electron chi connectivity index (χ1n) is 3.03. The first kappa shape index (κ1) is 6.02. The van der Waals surface area contributed by atoms with E-state index in [0.29, 0.717) is 0 Å². The van der Waals surface area contributed by atoms with Gasteiger partial charge in [0.15, 0.2) is 0 Å². The maximum absolute atomic E-state index is 11.8. The highest BCUT2D eigenvalue weighted by Crippen LogP contribution is 2.07. The third kappa shape index (κ3) is 1.44. The van der Waals surface area contributed by atoms with E-state index < -0.39 is 0 Å². The van der Waals surface area contributed by atoms with Crippen molar-refractivity contribution in [3.63, 3.8) is 0 Å². The Morgan fingerprint density at radius 2 is 2.62 bits per heavy atom. The summed E-state index contributed by atoms with van der Waals surface area (Å²) in [6.45, 7) is 1.65. The van der Waals surface area contributed by atoms with Crippen molar-refractivity contribution in [3.8, 4) is 0 Å². The van der Waals surface area contributed by atoms with Crippen LogP contribution in [0.3, 0.4) is 0 Å². The van der Waals surface area contributed by atoms with Gasteiger partial charge in [0.25, 0.3) is 0 Å². The number of hydrogen-bond acceptors (Lipinski definition) is 1. The Kier molecular flexibility index (Phi) is 2.27. The van der Waals surface area contributed by atoms with E-state index in [2.05, 4.69) is 11.7 Å². The lowest BCUT2D eigenvalue weighted by Crippen LogP contribution is -2.31. The molecular formula is C6H11FN. The van der Waals surface area contributed by atoms with Crippen LogP contribution in [0.25, 0.3) is 0 Å². The van der Waals surface area contributed by atoms with Crippen molar-refractivity contribution in [3.05, 3.63) is 6.42 Å². The van der Waals surface area contributed by atoms with Gasteiger partial charge >= 0.3 is 0 Å². The van der Waals surface area contributed by atoms with Gasteiger partial charge in [-0.05, 0) is 19.4 Å². The van der Waals surface area contributed by atoms with E-state index in [1.165, 1.54) is 0 Å². The molecule has 1 aliphatic rings. The van der Waals surface area contributed by atoms with Crippen LogP contribution in [0, 0.1) is 12.3 Å². The summed E-state index contributed by atoms with van der Waals surface area (Å²) in [7, 11) is 0. The quantitative estimate of drug-likeness (QED) is 0.533. The monoisotopic (exact) mass is 116 g/mol. The minimum atomic E-state index is -0.201. The van der Waals surface area contributed by atoms with E-state index in [1.807, 2.05) is 0 Å². The van der Waals surface area contributed by atoms with E-state index in [-0.39, 0.29) is 12.6 Å². The zero-order chi connectivity index (χ0) is 5.82. The second kappa shape index (κ2) is 3.02. The second-order valence-electron chi connectivity index (χ2n) is 2.14. The van der Waals surface area contributed by atoms with Crippen molar-refractivity contribution in [1.29, 1.82) is 0 Å². The molecule has 1 radical (unpaired) electrons. The summed E-state index contributed by atoms with van der Waals surface area (Å²) in [5.41, 5.74) is 0. The minimum absolute atomic E-state index is 0.184. The Balaban J connectivity index is 2.13. The van der Waals surface area contributed by atoms with E-state index in [0.717, 1.165) is 19.5 Å². The van der Waals surface area contributed by atoms with Gasteiger partial charge in [-0.25, -0.2) is 0 Å². The van der Waals surface area contributed by atoms with Gasteiger partial charge in [-0.2, -0.15) is 0 Å². The number of alkyl halides is 1. The molecule has 47 valence electrons. The number of nitrogens with one attached hydrogen (secondary N) is 1. The fourth-order valence-electron chi connectivity index (χ4n) is 0.909. The Bertz CT molecular complexity index is 59.5. The van der Waals surface area contributed by atoms with Crippen molar-refractivity contribution < 1.29 is 4.39 Å². The summed E-state index contributed by atoms with van der Waals surface area (Å²) in [5.74, 6) is 0.184. The van der Waals surface area contributed by atoms with Gasteiger partial charge < -0.3 is 5.32 Å². The van der Waals surface area contributed by atoms with Crippen molar-refractivity contribution in [1.82, 2.24) is 5.32 Å². The zero-order valence-corrected chi connectivity index (χ0v) is 4.86. The number of hydrogen-bond donors (Lipinski definition) is 1. The van der Waals surface area contributed by atoms with Crippen molar-refractivity contribution in [2.45, 2.75) is 6.42 Å². The van der Waals surface area contributed by atoms with Gasteiger partial charge in [-0.3, -0.25) is 4.39 Å². The number of halogens is 1. The highest BCUT2D eigenvalue weighted by atomic mass is 19.1. The van der Waals surface area contributed by atoms with Crippen LogP contribution in [0.2, 0.25) is 0 Å². The van der Waals surface area contributed by atoms with Crippen LogP contribution >= 0.6 is 0 Å². The smallest absolute Gasteiger partial charge is 0.0937 e. The molecule has 0 saturated carbocycles. The zero-order valence-electron chi connectivity index (χ0n) is 4.86. The average Bonchev–Trinajstić information content (AvgIpc) is 1.90. The van der Waals surface area contributed by atoms with Gasteiger partial charge in [0.05, 0.1) is 6.67 Å². The Morgan fingerprint density at radius 1 is 1.75 bits per heavy atom. The molecule has 1 atom stereocenters. The van der Waals surface area contributed by atoms with E-state index >= 15 is 0 Å². The Labute approximate surface area is 49.3 Å². The third-order valence-electron chi connectivity index (χ3n) is 1.43. The lowest BCUT2D eigenvalue weighted by molar-refractivity contribution is 0.351. The SMILES string of the molecule is FCC1[CH]CCNC1. The largest absolute Gasteiger partial charge is 0.316 e. The summed E-state index contributed by atoms with van der Waals surface area (Å²) in [5, 5.41) is 3.11. The summed E-state index contributed by atoms with van der Waals surface area (Å²) in [6, 6.07) is 0. The highest BCUT2D eigenvalue weighted by molar-refractivity contribution is 4.82. The van der Waals surface area contributed by atoms with E-state index in [1.54, 1.807) is 0 Å². The molecule has 8 heavy (non-hydrogen) atoms. The summed E-state index contributed by atoms with van der Waals surface area (Å²) in [6.07, 6.45) is 3.07. The highest BCUT2D eigenvalue weighted by Gasteiger charge is 2.11. The number of rotatable bonds is 1. The predicted molar refractivity (Wildman–Crippen MR) is 31.3 cm³/mol. The molecule has 1 N–H and O–H groups in total. The predicted octanol–water partition coefficient (Wildman–Crippen LogP) is 0.770. The lowest BCUT2D eigenvalue weighted by Gasteiger charge is -2.18. The van der Waals surface area contributed by atoms with Crippen LogP contribution in [-0.4, -0.2) is 19.8 Å². The molecule has 1 rings (SSSR count). The molecule has 1 saturated heterocycles. The second-order valence-corrected chi connectivity index (χ2v) is 2.14. The molecule has 2 heteroatoms. The van der Waals surface area contributed by atoms with Gasteiger partial charge in [0.1, 0.15) is 0 Å². The Morgan fingerprint density at radius 3 is 3.00 bits per heavy atom. The summed E-state index contributed by atoms with van der Waals surface area (Å²) >= 11 is 0. The molecule has 1 unspecified atom stereocenters. The molecule has 0 spiro atoms. The molecular weight excluding hydrogens is 105 g/mol. The van der Waals surface area contributed by atoms with Crippen LogP contribution in [0.4, 0.5) is 4.39 Å². The van der Waals surface area contributed by atoms with E-state index in [4.69, 9.17) is 0 Å². The maximum atomic E-state index is 11.8. The van der Waals surface area contributed by atoms with Gasteiger partial charge in [-0.1, -0.05) is 0 Å². The molecule has 1 nitrogen and oxygen atoms in total. The van der Waals surface area contributed by atoms with Crippen LogP contribution < -0.4 is 5.32 Å². The van der Waals surface area contributed by atoms with Crippen LogP contribution in [-0.2, 0) is 0 Å². The topological polar surface area (TPSA) is 12.0 Å². The maximum Gasteiger partial charge on any atom is 0.0937 e. The molecule has 1 fully saturated rings. The summed E-state index contributed by atoms with van der Waals surface area (Å²) in [4.78, 5) is 0. The molecule has 0 bridgehead atoms. The molecule has 0 aliphatic carbocycles. The van der Waals surface area contributed by atoms with Crippen molar-refractivity contribution in [2.24, 2.45) is 5.92 Å². The third-order valence-corrected chi connectivity index (χ3v) is 1.43. The molecule has 0 aromatic heterocycles. The Hall–Kier alpha value is -0.110. The minimum Gasteiger partial charge on any atom is -0.316 e. The fourth-order valence-corrected chi connectivity index (χ4v) is 0.909. The lowest BCUT2D eigenvalue weighted by atomic mass is 10.0. The van der Waals surface area contributed by atoms with Crippen molar-refractivity contribution >= 4 is 0 Å². The molecule has 0 amide bonds. The number of piperidine rings is 1. The fraction of sp³-hybridized carbons (Fsp3) is 0.833. The summed E-state index contributed by atoms with van der Waals surface area (Å²) < 4.78 is 11.8. The van der Waals surface area contributed by atoms with Crippen LogP contribution in [0.1, 0.15) is 6.42 Å². The molecule has 1 heterocycles. The van der Waals surface area contributed by atoms with E-state index in [9.17, 15) is 4.39 Å². The molecule has 0 aromatic carbocycles. The van der Waals surface area contributed by atoms with Crippen LogP contribution in [0.5, 0.6) is 0 Å². The molecule has 1 aliphatic heterocycles. The van der Waals surface area contributed by atoms with Gasteiger partial charge in [0.2, 0.25) is 0 Å².